The van der Waals surface area contributed by atoms with Gasteiger partial charge >= 0.3 is 0 Å². The van der Waals surface area contributed by atoms with Crippen LogP contribution in [0.5, 0.6) is 0 Å². The SMILES string of the molecule is CNC(=O)c1ccc(-c2cc(NC(=O)c3cnn4cccnc34)n(-c3ccc(C)cc3)n2)cc1. The number of amides is 2. The number of aromatic nitrogens is 5. The number of carbonyl (C=O) groups excluding carboxylic acids is 2. The van der Waals surface area contributed by atoms with Crippen LogP contribution in [-0.2, 0) is 0 Å². The van der Waals surface area contributed by atoms with Crippen LogP contribution in [0.4, 0.5) is 5.82 Å². The minimum Gasteiger partial charge on any atom is -0.355 e. The van der Waals surface area contributed by atoms with Crippen molar-refractivity contribution in [1.82, 2.24) is 29.7 Å². The van der Waals surface area contributed by atoms with Crippen LogP contribution < -0.4 is 10.6 Å². The highest BCUT2D eigenvalue weighted by Crippen LogP contribution is 2.26. The van der Waals surface area contributed by atoms with Gasteiger partial charge in [0.15, 0.2) is 5.65 Å². The van der Waals surface area contributed by atoms with Gasteiger partial charge in [-0.25, -0.2) is 14.2 Å². The number of aryl methyl sites for hydroxylation is 1. The van der Waals surface area contributed by atoms with Gasteiger partial charge in [-0.15, -0.1) is 0 Å². The first kappa shape index (κ1) is 21.1. The van der Waals surface area contributed by atoms with Crippen LogP contribution in [0, 0.1) is 6.92 Å². The molecular formula is C25H21N7O2. The number of hydrogen-bond donors (Lipinski definition) is 2. The lowest BCUT2D eigenvalue weighted by molar-refractivity contribution is 0.0962. The van der Waals surface area contributed by atoms with E-state index < -0.39 is 0 Å². The van der Waals surface area contributed by atoms with E-state index in [1.54, 1.807) is 52.9 Å². The molecule has 9 nitrogen and oxygen atoms in total. The van der Waals surface area contributed by atoms with Gasteiger partial charge in [0.1, 0.15) is 11.4 Å². The van der Waals surface area contributed by atoms with E-state index in [0.29, 0.717) is 28.3 Å². The van der Waals surface area contributed by atoms with Gasteiger partial charge < -0.3 is 10.6 Å². The Kier molecular flexibility index (Phi) is 5.35. The normalized spacial score (nSPS) is 10.9. The van der Waals surface area contributed by atoms with Crippen LogP contribution in [0.3, 0.4) is 0 Å². The summed E-state index contributed by atoms with van der Waals surface area (Å²) in [6, 6.07) is 18.5. The maximum Gasteiger partial charge on any atom is 0.262 e. The lowest BCUT2D eigenvalue weighted by Gasteiger charge is -2.08. The number of anilines is 1. The summed E-state index contributed by atoms with van der Waals surface area (Å²) in [4.78, 5) is 29.3. The van der Waals surface area contributed by atoms with E-state index in [1.807, 2.05) is 43.3 Å². The number of fused-ring (bicyclic) bond motifs is 1. The van der Waals surface area contributed by atoms with Crippen LogP contribution in [0.2, 0.25) is 0 Å². The molecule has 3 aromatic heterocycles. The number of carbonyl (C=O) groups is 2. The van der Waals surface area contributed by atoms with Crippen molar-refractivity contribution < 1.29 is 9.59 Å². The second-order valence-corrected chi connectivity index (χ2v) is 7.72. The summed E-state index contributed by atoms with van der Waals surface area (Å²) < 4.78 is 3.23. The molecule has 0 atom stereocenters. The van der Waals surface area contributed by atoms with Crippen LogP contribution in [0.1, 0.15) is 26.3 Å². The fourth-order valence-electron chi connectivity index (χ4n) is 3.60. The molecule has 2 aromatic carbocycles. The van der Waals surface area contributed by atoms with Crippen molar-refractivity contribution in [3.63, 3.8) is 0 Å². The average molecular weight is 451 g/mol. The topological polar surface area (TPSA) is 106 Å². The zero-order valence-electron chi connectivity index (χ0n) is 18.6. The Labute approximate surface area is 195 Å². The lowest BCUT2D eigenvalue weighted by atomic mass is 10.1. The predicted octanol–water partition coefficient (Wildman–Crippen LogP) is 3.50. The highest BCUT2D eigenvalue weighted by molar-refractivity contribution is 6.08. The van der Waals surface area contributed by atoms with Gasteiger partial charge in [0.2, 0.25) is 0 Å². The van der Waals surface area contributed by atoms with Gasteiger partial charge in [-0.05, 0) is 37.3 Å². The van der Waals surface area contributed by atoms with Crippen molar-refractivity contribution in [2.24, 2.45) is 0 Å². The number of benzene rings is 2. The molecule has 3 heterocycles. The maximum atomic E-state index is 13.1. The van der Waals surface area contributed by atoms with Gasteiger partial charge in [0.25, 0.3) is 11.8 Å². The van der Waals surface area contributed by atoms with Crippen LogP contribution in [0.15, 0.2) is 79.3 Å². The van der Waals surface area contributed by atoms with E-state index in [2.05, 4.69) is 20.7 Å². The van der Waals surface area contributed by atoms with Crippen molar-refractivity contribution >= 4 is 23.3 Å². The molecule has 2 N–H and O–H groups in total. The first-order valence-electron chi connectivity index (χ1n) is 10.6. The third-order valence-corrected chi connectivity index (χ3v) is 5.42. The number of rotatable bonds is 5. The van der Waals surface area contributed by atoms with E-state index in [4.69, 9.17) is 5.10 Å². The first-order valence-corrected chi connectivity index (χ1v) is 10.6. The zero-order valence-corrected chi connectivity index (χ0v) is 18.6. The lowest BCUT2D eigenvalue weighted by Crippen LogP contribution is -2.17. The van der Waals surface area contributed by atoms with Crippen LogP contribution in [0.25, 0.3) is 22.6 Å². The minimum atomic E-state index is -0.344. The van der Waals surface area contributed by atoms with Gasteiger partial charge in [-0.3, -0.25) is 9.59 Å². The molecule has 0 radical (unpaired) electrons. The van der Waals surface area contributed by atoms with Crippen LogP contribution in [-0.4, -0.2) is 43.2 Å². The smallest absolute Gasteiger partial charge is 0.262 e. The Morgan fingerprint density at radius 1 is 0.971 bits per heavy atom. The Morgan fingerprint density at radius 2 is 1.74 bits per heavy atom. The van der Waals surface area contributed by atoms with E-state index in [-0.39, 0.29) is 11.8 Å². The Balaban J connectivity index is 1.53. The van der Waals surface area contributed by atoms with Gasteiger partial charge in [-0.2, -0.15) is 10.2 Å². The van der Waals surface area contributed by atoms with Gasteiger partial charge in [-0.1, -0.05) is 29.8 Å². The Hall–Kier alpha value is -4.79. The van der Waals surface area contributed by atoms with E-state index in [1.165, 1.54) is 6.20 Å². The van der Waals surface area contributed by atoms with E-state index in [9.17, 15) is 9.59 Å². The first-order chi connectivity index (χ1) is 16.5. The van der Waals surface area contributed by atoms with Crippen molar-refractivity contribution in [1.29, 1.82) is 0 Å². The average Bonchev–Trinajstić information content (AvgIpc) is 3.49. The molecule has 9 heteroatoms. The molecule has 0 saturated heterocycles. The zero-order chi connectivity index (χ0) is 23.7. The summed E-state index contributed by atoms with van der Waals surface area (Å²) in [5.41, 5.74) is 4.75. The summed E-state index contributed by atoms with van der Waals surface area (Å²) in [7, 11) is 1.59. The maximum absolute atomic E-state index is 13.1. The molecule has 0 bridgehead atoms. The molecule has 168 valence electrons. The standard InChI is InChI=1S/C25H21N7O2/c1-16-4-10-19(11-5-16)32-22(29-25(34)20-15-28-31-13-3-12-27-23(20)31)14-21(30-32)17-6-8-18(9-7-17)24(33)26-2/h3-15H,1-2H3,(H,26,33)(H,29,34). The molecular weight excluding hydrogens is 430 g/mol. The molecule has 34 heavy (non-hydrogen) atoms. The quantitative estimate of drug-likeness (QED) is 0.425. The molecule has 0 unspecified atom stereocenters. The molecule has 0 spiro atoms. The third-order valence-electron chi connectivity index (χ3n) is 5.42. The molecule has 0 aliphatic heterocycles. The predicted molar refractivity (Wildman–Crippen MR) is 128 cm³/mol. The number of nitrogens with zero attached hydrogens (tertiary/aromatic N) is 5. The number of hydrogen-bond acceptors (Lipinski definition) is 5. The third kappa shape index (κ3) is 3.90. The molecule has 5 aromatic rings. The van der Waals surface area contributed by atoms with Crippen LogP contribution >= 0.6 is 0 Å². The molecule has 0 aliphatic rings. The van der Waals surface area contributed by atoms with Crippen molar-refractivity contribution in [3.05, 3.63) is 95.9 Å². The Morgan fingerprint density at radius 3 is 2.47 bits per heavy atom. The fourth-order valence-corrected chi connectivity index (χ4v) is 3.60. The highest BCUT2D eigenvalue weighted by atomic mass is 16.2. The minimum absolute atomic E-state index is 0.160. The fraction of sp³-hybridized carbons (Fsp3) is 0.0800. The largest absolute Gasteiger partial charge is 0.355 e. The van der Waals surface area contributed by atoms with Crippen molar-refractivity contribution in [3.8, 4) is 16.9 Å². The van der Waals surface area contributed by atoms with E-state index >= 15 is 0 Å². The summed E-state index contributed by atoms with van der Waals surface area (Å²) in [6.45, 7) is 2.01. The number of nitrogens with one attached hydrogen (secondary N) is 2. The van der Waals surface area contributed by atoms with Crippen molar-refractivity contribution in [2.45, 2.75) is 6.92 Å². The molecule has 0 aliphatic carbocycles. The molecule has 0 fully saturated rings. The molecule has 5 rings (SSSR count). The highest BCUT2D eigenvalue weighted by Gasteiger charge is 2.18. The summed E-state index contributed by atoms with van der Waals surface area (Å²) in [5, 5.41) is 14.5. The summed E-state index contributed by atoms with van der Waals surface area (Å²) in [6.07, 6.45) is 4.84. The summed E-state index contributed by atoms with van der Waals surface area (Å²) in [5.74, 6) is -0.00955. The monoisotopic (exact) mass is 451 g/mol. The van der Waals surface area contributed by atoms with Crippen molar-refractivity contribution in [2.75, 3.05) is 12.4 Å². The summed E-state index contributed by atoms with van der Waals surface area (Å²) >= 11 is 0. The van der Waals surface area contributed by atoms with Gasteiger partial charge in [0, 0.05) is 36.6 Å². The second kappa shape index (κ2) is 8.62. The molecule has 2 amide bonds. The van der Waals surface area contributed by atoms with Gasteiger partial charge in [0.05, 0.1) is 17.6 Å². The second-order valence-electron chi connectivity index (χ2n) is 7.72. The van der Waals surface area contributed by atoms with E-state index in [0.717, 1.165) is 16.8 Å². The Bertz CT molecular complexity index is 1500. The molecule has 0 saturated carbocycles.